The molecule has 7 heteroatoms. The third-order valence-electron chi connectivity index (χ3n) is 4.73. The van der Waals surface area contributed by atoms with E-state index in [4.69, 9.17) is 23.2 Å². The number of carbonyl (C=O) groups is 2. The van der Waals surface area contributed by atoms with Crippen molar-refractivity contribution in [3.05, 3.63) is 27.7 Å². The molecule has 2 aliphatic rings. The second kappa shape index (κ2) is 6.21. The minimum absolute atomic E-state index is 0.0306. The summed E-state index contributed by atoms with van der Waals surface area (Å²) in [6, 6.07) is 2.10. The number of nitrogens with one attached hydrogen (secondary N) is 1. The first-order valence-electron chi connectivity index (χ1n) is 7.71. The fourth-order valence-corrected chi connectivity index (χ4v) is 3.97. The van der Waals surface area contributed by atoms with E-state index in [2.05, 4.69) is 5.32 Å². The smallest absolute Gasteiger partial charge is 0.245 e. The SMILES string of the molecule is CC[C@H]1NC(=O)[C@H]2C[C@@H](c3c(O)ccc(Cl)c3Cl)CCN2C1=O. The van der Waals surface area contributed by atoms with Crippen molar-refractivity contribution in [2.75, 3.05) is 6.54 Å². The summed E-state index contributed by atoms with van der Waals surface area (Å²) in [4.78, 5) is 26.4. The highest BCUT2D eigenvalue weighted by Crippen LogP contribution is 2.43. The van der Waals surface area contributed by atoms with Crippen LogP contribution in [0.3, 0.4) is 0 Å². The lowest BCUT2D eigenvalue weighted by Crippen LogP contribution is -2.64. The fraction of sp³-hybridized carbons (Fsp3) is 0.500. The zero-order chi connectivity index (χ0) is 16.7. The quantitative estimate of drug-likeness (QED) is 0.855. The van der Waals surface area contributed by atoms with Crippen LogP contribution in [0.1, 0.15) is 37.7 Å². The van der Waals surface area contributed by atoms with E-state index < -0.39 is 12.1 Å². The van der Waals surface area contributed by atoms with Crippen LogP contribution in [-0.2, 0) is 9.59 Å². The van der Waals surface area contributed by atoms with Crippen molar-refractivity contribution in [1.82, 2.24) is 10.2 Å². The highest BCUT2D eigenvalue weighted by Gasteiger charge is 2.44. The summed E-state index contributed by atoms with van der Waals surface area (Å²) < 4.78 is 0. The predicted octanol–water partition coefficient (Wildman–Crippen LogP) is 2.68. The molecule has 23 heavy (non-hydrogen) atoms. The molecule has 2 N–H and O–H groups in total. The van der Waals surface area contributed by atoms with Gasteiger partial charge in [-0.2, -0.15) is 0 Å². The van der Waals surface area contributed by atoms with Crippen LogP contribution < -0.4 is 5.32 Å². The minimum atomic E-state index is -0.515. The molecule has 2 fully saturated rings. The molecular formula is C16H18Cl2N2O3. The number of amides is 2. The Hall–Kier alpha value is -1.46. The summed E-state index contributed by atoms with van der Waals surface area (Å²) in [6.07, 6.45) is 1.65. The first-order valence-corrected chi connectivity index (χ1v) is 8.47. The van der Waals surface area contributed by atoms with Crippen molar-refractivity contribution in [2.45, 2.75) is 44.2 Å². The van der Waals surface area contributed by atoms with Gasteiger partial charge in [0.05, 0.1) is 10.0 Å². The summed E-state index contributed by atoms with van der Waals surface area (Å²) in [5.41, 5.74) is 0.566. The van der Waals surface area contributed by atoms with Gasteiger partial charge in [0, 0.05) is 12.1 Å². The number of rotatable bonds is 2. The third-order valence-corrected chi connectivity index (χ3v) is 5.55. The van der Waals surface area contributed by atoms with E-state index in [9.17, 15) is 14.7 Å². The number of piperazine rings is 1. The van der Waals surface area contributed by atoms with Crippen LogP contribution >= 0.6 is 23.2 Å². The Labute approximate surface area is 144 Å². The monoisotopic (exact) mass is 356 g/mol. The van der Waals surface area contributed by atoms with E-state index >= 15 is 0 Å². The Balaban J connectivity index is 1.88. The van der Waals surface area contributed by atoms with Crippen molar-refractivity contribution in [1.29, 1.82) is 0 Å². The Morgan fingerprint density at radius 1 is 1.35 bits per heavy atom. The summed E-state index contributed by atoms with van der Waals surface area (Å²) >= 11 is 12.3. The number of phenolic OH excluding ortho intramolecular Hbond substituents is 1. The molecule has 2 amide bonds. The maximum atomic E-state index is 12.4. The number of phenols is 1. The van der Waals surface area contributed by atoms with Crippen LogP contribution in [0.25, 0.3) is 0 Å². The number of halogens is 2. The largest absolute Gasteiger partial charge is 0.508 e. The minimum Gasteiger partial charge on any atom is -0.508 e. The Morgan fingerprint density at radius 3 is 2.78 bits per heavy atom. The molecular weight excluding hydrogens is 339 g/mol. The van der Waals surface area contributed by atoms with Gasteiger partial charge in [0.1, 0.15) is 17.8 Å². The van der Waals surface area contributed by atoms with Gasteiger partial charge in [0.25, 0.3) is 0 Å². The number of hydrogen-bond acceptors (Lipinski definition) is 3. The van der Waals surface area contributed by atoms with Gasteiger partial charge in [-0.05, 0) is 37.3 Å². The van der Waals surface area contributed by atoms with Crippen LogP contribution in [0, 0.1) is 0 Å². The number of aromatic hydroxyl groups is 1. The topological polar surface area (TPSA) is 69.6 Å². The van der Waals surface area contributed by atoms with E-state index in [1.807, 2.05) is 6.92 Å². The number of carbonyl (C=O) groups excluding carboxylic acids is 2. The molecule has 3 atom stereocenters. The molecule has 0 bridgehead atoms. The number of hydrogen-bond donors (Lipinski definition) is 2. The highest BCUT2D eigenvalue weighted by atomic mass is 35.5. The standard InChI is InChI=1S/C16H18Cl2N2O3/c1-2-10-16(23)20-6-5-8(7-11(20)15(22)19-10)13-12(21)4-3-9(17)14(13)18/h3-4,8,10-11,21H,2,5-7H2,1H3,(H,19,22)/t8-,10+,11+/m0/s1. The van der Waals surface area contributed by atoms with Crippen molar-refractivity contribution in [2.24, 2.45) is 0 Å². The van der Waals surface area contributed by atoms with E-state index in [1.54, 1.807) is 11.0 Å². The maximum absolute atomic E-state index is 12.4. The Kier molecular flexibility index (Phi) is 4.43. The lowest BCUT2D eigenvalue weighted by molar-refractivity contribution is -0.151. The molecule has 1 aromatic rings. The van der Waals surface area contributed by atoms with Crippen LogP contribution in [0.15, 0.2) is 12.1 Å². The summed E-state index contributed by atoms with van der Waals surface area (Å²) in [7, 11) is 0. The van der Waals surface area contributed by atoms with Gasteiger partial charge in [0.2, 0.25) is 11.8 Å². The Bertz CT molecular complexity index is 665. The first-order chi connectivity index (χ1) is 10.9. The van der Waals surface area contributed by atoms with Crippen molar-refractivity contribution in [3.8, 4) is 5.75 Å². The van der Waals surface area contributed by atoms with Gasteiger partial charge in [-0.25, -0.2) is 0 Å². The Morgan fingerprint density at radius 2 is 2.09 bits per heavy atom. The van der Waals surface area contributed by atoms with Crippen LogP contribution in [-0.4, -0.2) is 40.4 Å². The number of piperidine rings is 1. The number of benzene rings is 1. The summed E-state index contributed by atoms with van der Waals surface area (Å²) in [5, 5.41) is 13.6. The van der Waals surface area contributed by atoms with Crippen molar-refractivity contribution >= 4 is 35.0 Å². The average molecular weight is 357 g/mol. The van der Waals surface area contributed by atoms with Crippen molar-refractivity contribution < 1.29 is 14.7 Å². The first kappa shape index (κ1) is 16.4. The van der Waals surface area contributed by atoms with Crippen LogP contribution in [0.5, 0.6) is 5.75 Å². The van der Waals surface area contributed by atoms with Gasteiger partial charge in [-0.15, -0.1) is 0 Å². The summed E-state index contributed by atoms with van der Waals surface area (Å²) in [5.74, 6) is -0.207. The van der Waals surface area contributed by atoms with Gasteiger partial charge in [-0.1, -0.05) is 30.1 Å². The number of fused-ring (bicyclic) bond motifs is 1. The second-order valence-electron chi connectivity index (χ2n) is 6.03. The molecule has 3 rings (SSSR count). The van der Waals surface area contributed by atoms with Crippen LogP contribution in [0.2, 0.25) is 10.0 Å². The summed E-state index contributed by atoms with van der Waals surface area (Å²) in [6.45, 7) is 2.35. The molecule has 0 aliphatic carbocycles. The average Bonchev–Trinajstić information content (AvgIpc) is 2.54. The molecule has 5 nitrogen and oxygen atoms in total. The van der Waals surface area contributed by atoms with Gasteiger partial charge >= 0.3 is 0 Å². The molecule has 0 unspecified atom stereocenters. The maximum Gasteiger partial charge on any atom is 0.245 e. The fourth-order valence-electron chi connectivity index (χ4n) is 3.49. The molecule has 1 aromatic carbocycles. The third kappa shape index (κ3) is 2.76. The normalized spacial score (nSPS) is 27.6. The van der Waals surface area contributed by atoms with E-state index in [0.29, 0.717) is 41.4 Å². The lowest BCUT2D eigenvalue weighted by Gasteiger charge is -2.44. The molecule has 0 aromatic heterocycles. The highest BCUT2D eigenvalue weighted by molar-refractivity contribution is 6.42. The molecule has 2 heterocycles. The molecule has 0 spiro atoms. The molecule has 2 aliphatic heterocycles. The van der Waals surface area contributed by atoms with E-state index in [-0.39, 0.29) is 23.5 Å². The van der Waals surface area contributed by atoms with E-state index in [0.717, 1.165) is 0 Å². The molecule has 0 saturated carbocycles. The zero-order valence-corrected chi connectivity index (χ0v) is 14.2. The van der Waals surface area contributed by atoms with Gasteiger partial charge < -0.3 is 15.3 Å². The number of nitrogens with zero attached hydrogens (tertiary/aromatic N) is 1. The molecule has 124 valence electrons. The predicted molar refractivity (Wildman–Crippen MR) is 87.8 cm³/mol. The van der Waals surface area contributed by atoms with Gasteiger partial charge in [-0.3, -0.25) is 9.59 Å². The van der Waals surface area contributed by atoms with E-state index in [1.165, 1.54) is 6.07 Å². The van der Waals surface area contributed by atoms with Gasteiger partial charge in [0.15, 0.2) is 0 Å². The molecule has 0 radical (unpaired) electrons. The van der Waals surface area contributed by atoms with Crippen LogP contribution in [0.4, 0.5) is 0 Å². The molecule has 2 saturated heterocycles. The van der Waals surface area contributed by atoms with Crippen molar-refractivity contribution in [3.63, 3.8) is 0 Å². The lowest BCUT2D eigenvalue weighted by atomic mass is 9.83. The second-order valence-corrected chi connectivity index (χ2v) is 6.82. The zero-order valence-electron chi connectivity index (χ0n) is 12.7.